The molecule has 3 nitrogen and oxygen atoms in total. The lowest BCUT2D eigenvalue weighted by Gasteiger charge is -2.37. The molecule has 1 aromatic rings. The van der Waals surface area contributed by atoms with Crippen molar-refractivity contribution in [2.45, 2.75) is 25.9 Å². The molecule has 2 rings (SSSR count). The third kappa shape index (κ3) is 2.51. The van der Waals surface area contributed by atoms with Crippen LogP contribution in [0.3, 0.4) is 0 Å². The summed E-state index contributed by atoms with van der Waals surface area (Å²) < 4.78 is 26.0. The Labute approximate surface area is 105 Å². The SMILES string of the molecule is CC1CN(C(=O)c2ccc(F)c(F)c2)C(C)CN1. The molecule has 0 aromatic heterocycles. The number of carbonyl (C=O) groups is 1. The second-order valence-corrected chi connectivity index (χ2v) is 4.74. The highest BCUT2D eigenvalue weighted by Gasteiger charge is 2.27. The van der Waals surface area contributed by atoms with Crippen LogP contribution in [0.25, 0.3) is 0 Å². The van der Waals surface area contributed by atoms with E-state index in [1.165, 1.54) is 6.07 Å². The molecule has 0 radical (unpaired) electrons. The Kier molecular flexibility index (Phi) is 3.61. The Morgan fingerprint density at radius 1 is 1.33 bits per heavy atom. The van der Waals surface area contributed by atoms with Crippen LogP contribution in [0.5, 0.6) is 0 Å². The molecule has 0 bridgehead atoms. The van der Waals surface area contributed by atoms with Crippen molar-refractivity contribution in [1.82, 2.24) is 10.2 Å². The molecule has 1 N–H and O–H groups in total. The summed E-state index contributed by atoms with van der Waals surface area (Å²) in [6.07, 6.45) is 0. The molecule has 98 valence electrons. The summed E-state index contributed by atoms with van der Waals surface area (Å²) in [6.45, 7) is 5.18. The van der Waals surface area contributed by atoms with Crippen molar-refractivity contribution in [2.24, 2.45) is 0 Å². The van der Waals surface area contributed by atoms with Gasteiger partial charge in [-0.3, -0.25) is 4.79 Å². The van der Waals surface area contributed by atoms with Crippen LogP contribution in [0.2, 0.25) is 0 Å². The van der Waals surface area contributed by atoms with Gasteiger partial charge >= 0.3 is 0 Å². The van der Waals surface area contributed by atoms with Gasteiger partial charge in [-0.15, -0.1) is 0 Å². The Morgan fingerprint density at radius 2 is 2.06 bits per heavy atom. The number of amides is 1. The molecule has 0 spiro atoms. The molecule has 1 aliphatic rings. The lowest BCUT2D eigenvalue weighted by Crippen LogP contribution is -2.56. The van der Waals surface area contributed by atoms with E-state index in [0.717, 1.165) is 12.1 Å². The summed E-state index contributed by atoms with van der Waals surface area (Å²) in [5.74, 6) is -2.18. The lowest BCUT2D eigenvalue weighted by atomic mass is 10.1. The maximum absolute atomic E-state index is 13.1. The van der Waals surface area contributed by atoms with Crippen LogP contribution in [0.15, 0.2) is 18.2 Å². The van der Waals surface area contributed by atoms with Gasteiger partial charge < -0.3 is 10.2 Å². The lowest BCUT2D eigenvalue weighted by molar-refractivity contribution is 0.0615. The van der Waals surface area contributed by atoms with Gasteiger partial charge in [-0.1, -0.05) is 0 Å². The topological polar surface area (TPSA) is 32.3 Å². The number of benzene rings is 1. The average Bonchev–Trinajstić information content (AvgIpc) is 2.35. The highest BCUT2D eigenvalue weighted by molar-refractivity contribution is 5.94. The van der Waals surface area contributed by atoms with E-state index in [4.69, 9.17) is 0 Å². The first-order valence-corrected chi connectivity index (χ1v) is 5.98. The van der Waals surface area contributed by atoms with Gasteiger partial charge in [0, 0.05) is 30.7 Å². The average molecular weight is 254 g/mol. The molecule has 1 heterocycles. The number of hydrogen-bond acceptors (Lipinski definition) is 2. The number of hydrogen-bond donors (Lipinski definition) is 1. The number of carbonyl (C=O) groups excluding carboxylic acids is 1. The molecule has 1 amide bonds. The van der Waals surface area contributed by atoms with Crippen LogP contribution >= 0.6 is 0 Å². The molecule has 2 unspecified atom stereocenters. The Balaban J connectivity index is 2.21. The fourth-order valence-corrected chi connectivity index (χ4v) is 2.10. The maximum Gasteiger partial charge on any atom is 0.254 e. The maximum atomic E-state index is 13.1. The second-order valence-electron chi connectivity index (χ2n) is 4.74. The van der Waals surface area contributed by atoms with Crippen molar-refractivity contribution in [3.63, 3.8) is 0 Å². The van der Waals surface area contributed by atoms with E-state index >= 15 is 0 Å². The molecule has 1 aromatic carbocycles. The first-order chi connectivity index (χ1) is 8.49. The van der Waals surface area contributed by atoms with Crippen LogP contribution < -0.4 is 5.32 Å². The summed E-state index contributed by atoms with van der Waals surface area (Å²) in [4.78, 5) is 13.9. The van der Waals surface area contributed by atoms with Crippen LogP contribution in [-0.4, -0.2) is 36.0 Å². The van der Waals surface area contributed by atoms with Gasteiger partial charge in [-0.25, -0.2) is 8.78 Å². The van der Waals surface area contributed by atoms with Gasteiger partial charge in [0.25, 0.3) is 5.91 Å². The molecule has 1 aliphatic heterocycles. The van der Waals surface area contributed by atoms with Crippen LogP contribution in [0, 0.1) is 11.6 Å². The largest absolute Gasteiger partial charge is 0.333 e. The van der Waals surface area contributed by atoms with Gasteiger partial charge in [0.05, 0.1) is 0 Å². The van der Waals surface area contributed by atoms with E-state index < -0.39 is 11.6 Å². The number of nitrogens with zero attached hydrogens (tertiary/aromatic N) is 1. The molecule has 2 atom stereocenters. The van der Waals surface area contributed by atoms with Crippen molar-refractivity contribution in [1.29, 1.82) is 0 Å². The molecular formula is C13H16F2N2O. The number of halogens is 2. The highest BCUT2D eigenvalue weighted by atomic mass is 19.2. The Morgan fingerprint density at radius 3 is 2.72 bits per heavy atom. The summed E-state index contributed by atoms with van der Waals surface area (Å²) in [6, 6.07) is 3.51. The molecular weight excluding hydrogens is 238 g/mol. The van der Waals surface area contributed by atoms with Crippen molar-refractivity contribution in [2.75, 3.05) is 13.1 Å². The molecule has 1 fully saturated rings. The monoisotopic (exact) mass is 254 g/mol. The molecule has 18 heavy (non-hydrogen) atoms. The third-order valence-electron chi connectivity index (χ3n) is 3.19. The van der Waals surface area contributed by atoms with E-state index in [1.54, 1.807) is 4.90 Å². The van der Waals surface area contributed by atoms with Crippen LogP contribution in [0.1, 0.15) is 24.2 Å². The third-order valence-corrected chi connectivity index (χ3v) is 3.19. The van der Waals surface area contributed by atoms with Crippen molar-refractivity contribution in [3.8, 4) is 0 Å². The van der Waals surface area contributed by atoms with E-state index in [1.807, 2.05) is 13.8 Å². The predicted molar refractivity (Wildman–Crippen MR) is 64.3 cm³/mol. The van der Waals surface area contributed by atoms with Crippen LogP contribution in [-0.2, 0) is 0 Å². The summed E-state index contributed by atoms with van der Waals surface area (Å²) in [5.41, 5.74) is 0.190. The Bertz CT molecular complexity index is 464. The summed E-state index contributed by atoms with van der Waals surface area (Å²) in [7, 11) is 0. The minimum Gasteiger partial charge on any atom is -0.333 e. The van der Waals surface area contributed by atoms with Gasteiger partial charge in [-0.2, -0.15) is 0 Å². The molecule has 5 heteroatoms. The predicted octanol–water partition coefficient (Wildman–Crippen LogP) is 1.79. The minimum atomic E-state index is -0.989. The first kappa shape index (κ1) is 13.0. The van der Waals surface area contributed by atoms with E-state index in [-0.39, 0.29) is 23.6 Å². The van der Waals surface area contributed by atoms with Crippen molar-refractivity contribution < 1.29 is 13.6 Å². The standard InChI is InChI=1S/C13H16F2N2O/c1-8-7-17(9(2)6-16-8)13(18)10-3-4-11(14)12(15)5-10/h3-5,8-9,16H,6-7H2,1-2H3. The fourth-order valence-electron chi connectivity index (χ4n) is 2.10. The van der Waals surface area contributed by atoms with E-state index in [9.17, 15) is 13.6 Å². The van der Waals surface area contributed by atoms with Crippen molar-refractivity contribution in [3.05, 3.63) is 35.4 Å². The second kappa shape index (κ2) is 5.02. The van der Waals surface area contributed by atoms with Gasteiger partial charge in [0.15, 0.2) is 11.6 Å². The normalized spacial score (nSPS) is 24.1. The minimum absolute atomic E-state index is 0.0433. The molecule has 0 saturated carbocycles. The smallest absolute Gasteiger partial charge is 0.254 e. The van der Waals surface area contributed by atoms with E-state index in [0.29, 0.717) is 13.1 Å². The zero-order valence-electron chi connectivity index (χ0n) is 10.4. The quantitative estimate of drug-likeness (QED) is 0.828. The summed E-state index contributed by atoms with van der Waals surface area (Å²) >= 11 is 0. The fraction of sp³-hybridized carbons (Fsp3) is 0.462. The first-order valence-electron chi connectivity index (χ1n) is 5.98. The number of nitrogens with one attached hydrogen (secondary N) is 1. The van der Waals surface area contributed by atoms with Crippen LogP contribution in [0.4, 0.5) is 8.78 Å². The van der Waals surface area contributed by atoms with Gasteiger partial charge in [0.2, 0.25) is 0 Å². The zero-order chi connectivity index (χ0) is 13.3. The van der Waals surface area contributed by atoms with Gasteiger partial charge in [-0.05, 0) is 32.0 Å². The van der Waals surface area contributed by atoms with Gasteiger partial charge in [0.1, 0.15) is 0 Å². The molecule has 1 saturated heterocycles. The Hall–Kier alpha value is -1.49. The number of rotatable bonds is 1. The zero-order valence-corrected chi connectivity index (χ0v) is 10.4. The number of piperazine rings is 1. The summed E-state index contributed by atoms with van der Waals surface area (Å²) in [5, 5.41) is 3.26. The van der Waals surface area contributed by atoms with E-state index in [2.05, 4.69) is 5.32 Å². The van der Waals surface area contributed by atoms with Crippen molar-refractivity contribution >= 4 is 5.91 Å². The highest BCUT2D eigenvalue weighted by Crippen LogP contribution is 2.15. The molecule has 0 aliphatic carbocycles.